The zero-order valence-corrected chi connectivity index (χ0v) is 17.9. The van der Waals surface area contributed by atoms with Crippen LogP contribution in [0.15, 0.2) is 42.5 Å². The van der Waals surface area contributed by atoms with E-state index < -0.39 is 0 Å². The number of nitrogens with zero attached hydrogens (tertiary/aromatic N) is 1. The number of carbonyl (C=O) groups is 2. The van der Waals surface area contributed by atoms with Crippen LogP contribution in [-0.4, -0.2) is 47.0 Å². The van der Waals surface area contributed by atoms with Crippen molar-refractivity contribution in [3.05, 3.63) is 70.7 Å². The molecule has 2 aromatic carbocycles. The number of benzene rings is 2. The minimum atomic E-state index is -0.338. The Balaban J connectivity index is 1.38. The van der Waals surface area contributed by atoms with E-state index in [1.165, 1.54) is 12.1 Å². The van der Waals surface area contributed by atoms with Crippen LogP contribution in [0.2, 0.25) is 0 Å². The van der Waals surface area contributed by atoms with E-state index in [1.807, 2.05) is 37.8 Å². The Morgan fingerprint density at radius 3 is 2.48 bits per heavy atom. The van der Waals surface area contributed by atoms with Gasteiger partial charge in [-0.2, -0.15) is 0 Å². The molecule has 0 saturated carbocycles. The lowest BCUT2D eigenvalue weighted by molar-refractivity contribution is -0.0586. The van der Waals surface area contributed by atoms with Gasteiger partial charge in [-0.25, -0.2) is 4.39 Å². The molecule has 1 aliphatic heterocycles. The van der Waals surface area contributed by atoms with E-state index in [2.05, 4.69) is 10.3 Å². The maximum Gasteiger partial charge on any atom is 0.267 e. The molecule has 162 valence electrons. The van der Waals surface area contributed by atoms with E-state index in [1.54, 1.807) is 18.2 Å². The number of morpholine rings is 1. The Labute approximate surface area is 180 Å². The number of hydrogen-bond acceptors (Lipinski definition) is 3. The van der Waals surface area contributed by atoms with Gasteiger partial charge in [0.2, 0.25) is 0 Å². The van der Waals surface area contributed by atoms with Gasteiger partial charge >= 0.3 is 0 Å². The average molecular weight is 423 g/mol. The fourth-order valence-corrected chi connectivity index (χ4v) is 4.07. The summed E-state index contributed by atoms with van der Waals surface area (Å²) >= 11 is 0. The molecule has 6 nitrogen and oxygen atoms in total. The van der Waals surface area contributed by atoms with Gasteiger partial charge < -0.3 is 19.9 Å². The van der Waals surface area contributed by atoms with Crippen LogP contribution in [0, 0.1) is 12.7 Å². The Kier molecular flexibility index (Phi) is 5.78. The number of H-pyrrole nitrogens is 1. The van der Waals surface area contributed by atoms with Crippen molar-refractivity contribution < 1.29 is 18.7 Å². The second-order valence-corrected chi connectivity index (χ2v) is 8.21. The number of fused-ring (bicyclic) bond motifs is 1. The average Bonchev–Trinajstić information content (AvgIpc) is 3.16. The maximum atomic E-state index is 13.6. The summed E-state index contributed by atoms with van der Waals surface area (Å²) in [4.78, 5) is 30.1. The first-order valence-corrected chi connectivity index (χ1v) is 10.4. The van der Waals surface area contributed by atoms with Crippen LogP contribution < -0.4 is 5.32 Å². The van der Waals surface area contributed by atoms with Crippen LogP contribution in [0.1, 0.15) is 45.8 Å². The summed E-state index contributed by atoms with van der Waals surface area (Å²) in [6.45, 7) is 7.21. The second-order valence-electron chi connectivity index (χ2n) is 8.21. The minimum absolute atomic E-state index is 0.0155. The van der Waals surface area contributed by atoms with Gasteiger partial charge in [-0.1, -0.05) is 12.1 Å². The lowest BCUT2D eigenvalue weighted by atomic mass is 10.1. The predicted octanol–water partition coefficient (Wildman–Crippen LogP) is 3.79. The number of amides is 2. The molecule has 0 bridgehead atoms. The Bertz CT molecular complexity index is 1110. The molecular formula is C24H26FN3O3. The van der Waals surface area contributed by atoms with Gasteiger partial charge in [0, 0.05) is 36.1 Å². The van der Waals surface area contributed by atoms with Crippen LogP contribution in [0.5, 0.6) is 0 Å². The van der Waals surface area contributed by atoms with Crippen molar-refractivity contribution in [2.75, 3.05) is 13.1 Å². The SMILES string of the molecule is Cc1cc(F)cc2[nH]c(C(=O)NCc3ccc(C(=O)N4C[C@@H](C)O[C@@H](C)C4)cc3)cc12. The lowest BCUT2D eigenvalue weighted by Crippen LogP contribution is -2.48. The molecule has 2 amide bonds. The van der Waals surface area contributed by atoms with Crippen molar-refractivity contribution >= 4 is 22.7 Å². The molecule has 2 heterocycles. The number of aromatic nitrogens is 1. The van der Waals surface area contributed by atoms with E-state index in [0.717, 1.165) is 16.5 Å². The van der Waals surface area contributed by atoms with Crippen molar-refractivity contribution in [3.8, 4) is 0 Å². The van der Waals surface area contributed by atoms with E-state index in [-0.39, 0.29) is 29.8 Å². The molecule has 0 aliphatic carbocycles. The third kappa shape index (κ3) is 4.61. The molecule has 1 aliphatic rings. The van der Waals surface area contributed by atoms with Gasteiger partial charge in [0.15, 0.2) is 0 Å². The maximum absolute atomic E-state index is 13.6. The molecule has 31 heavy (non-hydrogen) atoms. The van der Waals surface area contributed by atoms with Gasteiger partial charge in [-0.05, 0) is 62.2 Å². The van der Waals surface area contributed by atoms with Crippen molar-refractivity contribution in [1.29, 1.82) is 0 Å². The van der Waals surface area contributed by atoms with Gasteiger partial charge in [0.1, 0.15) is 11.5 Å². The van der Waals surface area contributed by atoms with Crippen molar-refractivity contribution in [2.45, 2.75) is 39.5 Å². The topological polar surface area (TPSA) is 74.4 Å². The number of ether oxygens (including phenoxy) is 1. The summed E-state index contributed by atoms with van der Waals surface area (Å²) in [6.07, 6.45) is 0.0409. The monoisotopic (exact) mass is 423 g/mol. The number of hydrogen-bond donors (Lipinski definition) is 2. The largest absolute Gasteiger partial charge is 0.372 e. The molecule has 1 fully saturated rings. The number of halogens is 1. The predicted molar refractivity (Wildman–Crippen MR) is 117 cm³/mol. The fourth-order valence-electron chi connectivity index (χ4n) is 4.07. The van der Waals surface area contributed by atoms with E-state index in [4.69, 9.17) is 4.74 Å². The highest BCUT2D eigenvalue weighted by atomic mass is 19.1. The molecule has 0 unspecified atom stereocenters. The molecule has 7 heteroatoms. The number of nitrogens with one attached hydrogen (secondary N) is 2. The first kappa shape index (κ1) is 21.1. The van der Waals surface area contributed by atoms with Crippen LogP contribution in [0.4, 0.5) is 4.39 Å². The highest BCUT2D eigenvalue weighted by Crippen LogP contribution is 2.21. The first-order valence-electron chi connectivity index (χ1n) is 10.4. The summed E-state index contributed by atoms with van der Waals surface area (Å²) in [5.41, 5.74) is 3.24. The molecular weight excluding hydrogens is 397 g/mol. The highest BCUT2D eigenvalue weighted by molar-refractivity contribution is 5.99. The zero-order chi connectivity index (χ0) is 22.1. The standard InChI is InChI=1S/C24H26FN3O3/c1-14-8-19(25)9-21-20(14)10-22(27-21)23(29)26-11-17-4-6-18(7-5-17)24(30)28-12-15(2)31-16(3)13-28/h4-10,15-16,27H,11-13H2,1-3H3,(H,26,29)/t15-,16+. The summed E-state index contributed by atoms with van der Waals surface area (Å²) < 4.78 is 19.3. The quantitative estimate of drug-likeness (QED) is 0.670. The smallest absolute Gasteiger partial charge is 0.267 e. The van der Waals surface area contributed by atoms with E-state index >= 15 is 0 Å². The Morgan fingerprint density at radius 1 is 1.13 bits per heavy atom. The fraction of sp³-hybridized carbons (Fsp3) is 0.333. The molecule has 3 aromatic rings. The number of rotatable bonds is 4. The first-order chi connectivity index (χ1) is 14.8. The van der Waals surface area contributed by atoms with Crippen LogP contribution >= 0.6 is 0 Å². The van der Waals surface area contributed by atoms with E-state index in [0.29, 0.717) is 36.4 Å². The summed E-state index contributed by atoms with van der Waals surface area (Å²) in [5, 5.41) is 3.68. The zero-order valence-electron chi connectivity index (χ0n) is 17.9. The molecule has 2 N–H and O–H groups in total. The van der Waals surface area contributed by atoms with E-state index in [9.17, 15) is 14.0 Å². The molecule has 1 saturated heterocycles. The number of carbonyl (C=O) groups excluding carboxylic acids is 2. The van der Waals surface area contributed by atoms with Gasteiger partial charge in [0.05, 0.1) is 12.2 Å². The van der Waals surface area contributed by atoms with Crippen molar-refractivity contribution in [1.82, 2.24) is 15.2 Å². The third-order valence-corrected chi connectivity index (χ3v) is 5.52. The molecule has 4 rings (SSSR count). The Hall–Kier alpha value is -3.19. The number of aryl methyl sites for hydroxylation is 1. The van der Waals surface area contributed by atoms with Crippen molar-refractivity contribution in [2.24, 2.45) is 0 Å². The summed E-state index contributed by atoms with van der Waals surface area (Å²) in [6, 6.07) is 11.8. The lowest BCUT2D eigenvalue weighted by Gasteiger charge is -2.35. The number of aromatic amines is 1. The summed E-state index contributed by atoms with van der Waals surface area (Å²) in [7, 11) is 0. The summed E-state index contributed by atoms with van der Waals surface area (Å²) in [5.74, 6) is -0.625. The minimum Gasteiger partial charge on any atom is -0.372 e. The molecule has 0 spiro atoms. The van der Waals surface area contributed by atoms with Gasteiger partial charge in [0.25, 0.3) is 11.8 Å². The van der Waals surface area contributed by atoms with Crippen LogP contribution in [-0.2, 0) is 11.3 Å². The van der Waals surface area contributed by atoms with Crippen LogP contribution in [0.3, 0.4) is 0 Å². The third-order valence-electron chi connectivity index (χ3n) is 5.52. The van der Waals surface area contributed by atoms with Crippen molar-refractivity contribution in [3.63, 3.8) is 0 Å². The van der Waals surface area contributed by atoms with Gasteiger partial charge in [-0.3, -0.25) is 9.59 Å². The molecule has 1 aromatic heterocycles. The van der Waals surface area contributed by atoms with Crippen LogP contribution in [0.25, 0.3) is 10.9 Å². The molecule has 2 atom stereocenters. The normalized spacial score (nSPS) is 18.9. The van der Waals surface area contributed by atoms with Gasteiger partial charge in [-0.15, -0.1) is 0 Å². The Morgan fingerprint density at radius 2 is 1.81 bits per heavy atom. The molecule has 0 radical (unpaired) electrons. The highest BCUT2D eigenvalue weighted by Gasteiger charge is 2.26. The second kappa shape index (κ2) is 8.51.